The molecule has 0 bridgehead atoms. The summed E-state index contributed by atoms with van der Waals surface area (Å²) in [4.78, 5) is 36.7. The van der Waals surface area contributed by atoms with Gasteiger partial charge in [0.05, 0.1) is 18.2 Å². The second-order valence-corrected chi connectivity index (χ2v) is 6.52. The average molecular weight is 381 g/mol. The molecule has 1 aromatic rings. The van der Waals surface area contributed by atoms with Crippen LogP contribution in [0, 0.1) is 0 Å². The van der Waals surface area contributed by atoms with Crippen LogP contribution < -0.4 is 4.74 Å². The second-order valence-electron chi connectivity index (χ2n) is 6.14. The molecule has 0 saturated carbocycles. The van der Waals surface area contributed by atoms with Crippen molar-refractivity contribution < 1.29 is 29.0 Å². The molecule has 0 fully saturated rings. The molecule has 0 saturated heterocycles. The van der Waals surface area contributed by atoms with Gasteiger partial charge in [-0.1, -0.05) is 17.7 Å². The van der Waals surface area contributed by atoms with Crippen LogP contribution in [-0.2, 0) is 20.7 Å². The summed E-state index contributed by atoms with van der Waals surface area (Å²) < 4.78 is 10.6. The number of benzene rings is 1. The van der Waals surface area contributed by atoms with Gasteiger partial charge < -0.3 is 14.6 Å². The number of carbonyl (C=O) groups is 3. The standard InChI is InChI=1S/C19H21ClO6/c1-11-7-8-12(21)5-3-4-6-13(22)9-14-17(19(24)26-11)16(25-2)10-15(23)18(14)20/h4,6,10-11,23H,3,5,7-9H2,1-2H3/b6-4+/t11-/m1/s1. The van der Waals surface area contributed by atoms with Gasteiger partial charge in [0.25, 0.3) is 0 Å². The van der Waals surface area contributed by atoms with Crippen molar-refractivity contribution in [3.8, 4) is 11.5 Å². The Morgan fingerprint density at radius 3 is 2.69 bits per heavy atom. The van der Waals surface area contributed by atoms with E-state index in [0.29, 0.717) is 19.3 Å². The summed E-state index contributed by atoms with van der Waals surface area (Å²) in [7, 11) is 1.34. The number of ether oxygens (including phenoxy) is 2. The number of ketones is 2. The Balaban J connectivity index is 2.50. The Bertz CT molecular complexity index is 753. The summed E-state index contributed by atoms with van der Waals surface area (Å²) >= 11 is 6.14. The first-order valence-electron chi connectivity index (χ1n) is 8.33. The quantitative estimate of drug-likeness (QED) is 0.751. The van der Waals surface area contributed by atoms with Crippen molar-refractivity contribution in [1.82, 2.24) is 0 Å². The van der Waals surface area contributed by atoms with Crippen LogP contribution in [0.15, 0.2) is 18.2 Å². The molecule has 0 amide bonds. The molecule has 1 atom stereocenters. The maximum atomic E-state index is 12.7. The van der Waals surface area contributed by atoms with Gasteiger partial charge in [-0.2, -0.15) is 0 Å². The SMILES string of the molecule is COc1cc(O)c(Cl)c2c1C(=O)O[C@H](C)CCC(=O)CC/C=C/C(=O)C2. The van der Waals surface area contributed by atoms with Crippen LogP contribution in [-0.4, -0.2) is 35.9 Å². The second kappa shape index (κ2) is 8.85. The Kier molecular flexibility index (Phi) is 6.80. The Morgan fingerprint density at radius 2 is 2.00 bits per heavy atom. The predicted octanol–water partition coefficient (Wildman–Crippen LogP) is 3.41. The summed E-state index contributed by atoms with van der Waals surface area (Å²) in [5, 5.41) is 9.89. The molecule has 7 heteroatoms. The minimum absolute atomic E-state index is 0.00675. The van der Waals surface area contributed by atoms with Crippen molar-refractivity contribution >= 4 is 29.1 Å². The fourth-order valence-electron chi connectivity index (χ4n) is 2.71. The highest BCUT2D eigenvalue weighted by Gasteiger charge is 2.26. The fourth-order valence-corrected chi connectivity index (χ4v) is 2.92. The van der Waals surface area contributed by atoms with Gasteiger partial charge in [-0.05, 0) is 25.8 Å². The van der Waals surface area contributed by atoms with Gasteiger partial charge in [0.1, 0.15) is 22.8 Å². The number of allylic oxidation sites excluding steroid dienone is 2. The van der Waals surface area contributed by atoms with Crippen molar-refractivity contribution in [2.24, 2.45) is 0 Å². The first-order valence-corrected chi connectivity index (χ1v) is 8.71. The number of hydrogen-bond donors (Lipinski definition) is 1. The molecule has 0 aliphatic carbocycles. The molecule has 6 nitrogen and oxygen atoms in total. The summed E-state index contributed by atoms with van der Waals surface area (Å²) in [6.45, 7) is 1.69. The maximum Gasteiger partial charge on any atom is 0.342 e. The first kappa shape index (κ1) is 20.0. The largest absolute Gasteiger partial charge is 0.506 e. The predicted molar refractivity (Wildman–Crippen MR) is 95.9 cm³/mol. The molecular weight excluding hydrogens is 360 g/mol. The maximum absolute atomic E-state index is 12.7. The van der Waals surface area contributed by atoms with Gasteiger partial charge >= 0.3 is 5.97 Å². The summed E-state index contributed by atoms with van der Waals surface area (Å²) in [5.74, 6) is -1.20. The number of methoxy groups -OCH3 is 1. The van der Waals surface area contributed by atoms with Crippen LogP contribution >= 0.6 is 11.6 Å². The molecule has 1 aliphatic heterocycles. The number of halogens is 1. The highest BCUT2D eigenvalue weighted by atomic mass is 35.5. The van der Waals surface area contributed by atoms with Crippen LogP contribution in [0.2, 0.25) is 5.02 Å². The van der Waals surface area contributed by atoms with E-state index in [1.54, 1.807) is 13.0 Å². The van der Waals surface area contributed by atoms with E-state index in [1.165, 1.54) is 19.3 Å². The zero-order valence-corrected chi connectivity index (χ0v) is 15.5. The van der Waals surface area contributed by atoms with Crippen LogP contribution in [0.3, 0.4) is 0 Å². The molecule has 2 rings (SSSR count). The van der Waals surface area contributed by atoms with Crippen molar-refractivity contribution in [2.45, 2.75) is 45.1 Å². The summed E-state index contributed by atoms with van der Waals surface area (Å²) in [6, 6.07) is 1.21. The third kappa shape index (κ3) is 4.85. The van der Waals surface area contributed by atoms with Crippen molar-refractivity contribution in [2.75, 3.05) is 7.11 Å². The van der Waals surface area contributed by atoms with E-state index in [9.17, 15) is 19.5 Å². The number of hydrogen-bond acceptors (Lipinski definition) is 6. The van der Waals surface area contributed by atoms with E-state index in [2.05, 4.69) is 0 Å². The molecule has 1 aromatic carbocycles. The summed E-state index contributed by atoms with van der Waals surface area (Å²) in [5.41, 5.74) is 0.163. The smallest absolute Gasteiger partial charge is 0.342 e. The van der Waals surface area contributed by atoms with Crippen molar-refractivity contribution in [1.29, 1.82) is 0 Å². The number of aromatic hydroxyl groups is 1. The lowest BCUT2D eigenvalue weighted by Crippen LogP contribution is -2.19. The minimum atomic E-state index is -0.715. The number of rotatable bonds is 1. The van der Waals surface area contributed by atoms with Gasteiger partial charge in [0.2, 0.25) is 0 Å². The average Bonchev–Trinajstić information content (AvgIpc) is 2.59. The molecule has 0 spiro atoms. The highest BCUT2D eigenvalue weighted by Crippen LogP contribution is 2.37. The van der Waals surface area contributed by atoms with Crippen LogP contribution in [0.4, 0.5) is 0 Å². The Morgan fingerprint density at radius 1 is 1.27 bits per heavy atom. The first-order chi connectivity index (χ1) is 12.3. The van der Waals surface area contributed by atoms with Crippen LogP contribution in [0.1, 0.15) is 48.5 Å². The third-order valence-corrected chi connectivity index (χ3v) is 4.53. The fraction of sp³-hybridized carbons (Fsp3) is 0.421. The Labute approximate surface area is 156 Å². The third-order valence-electron chi connectivity index (χ3n) is 4.11. The monoisotopic (exact) mass is 380 g/mol. The van der Waals surface area contributed by atoms with Crippen LogP contribution in [0.5, 0.6) is 11.5 Å². The van der Waals surface area contributed by atoms with E-state index in [4.69, 9.17) is 21.1 Å². The topological polar surface area (TPSA) is 89.9 Å². The van der Waals surface area contributed by atoms with Gasteiger partial charge in [0.15, 0.2) is 5.78 Å². The zero-order chi connectivity index (χ0) is 19.3. The van der Waals surface area contributed by atoms with E-state index in [1.807, 2.05) is 0 Å². The lowest BCUT2D eigenvalue weighted by atomic mass is 9.99. The Hall–Kier alpha value is -2.34. The molecular formula is C19H21ClO6. The lowest BCUT2D eigenvalue weighted by Gasteiger charge is -2.18. The number of fused-ring (bicyclic) bond motifs is 1. The number of phenols is 1. The molecule has 1 N–H and O–H groups in total. The molecule has 140 valence electrons. The van der Waals surface area contributed by atoms with Crippen molar-refractivity contribution in [3.05, 3.63) is 34.4 Å². The van der Waals surface area contributed by atoms with Gasteiger partial charge in [-0.25, -0.2) is 4.79 Å². The van der Waals surface area contributed by atoms with Gasteiger partial charge in [0, 0.05) is 30.9 Å². The molecule has 1 aliphatic rings. The van der Waals surface area contributed by atoms with Crippen molar-refractivity contribution in [3.63, 3.8) is 0 Å². The number of phenolic OH excluding ortho intramolecular Hbond substituents is 1. The van der Waals surface area contributed by atoms with Gasteiger partial charge in [-0.15, -0.1) is 0 Å². The minimum Gasteiger partial charge on any atom is -0.506 e. The van der Waals surface area contributed by atoms with E-state index >= 15 is 0 Å². The molecule has 0 unspecified atom stereocenters. The number of esters is 1. The van der Waals surface area contributed by atoms with E-state index < -0.39 is 12.1 Å². The van der Waals surface area contributed by atoms with Gasteiger partial charge in [-0.3, -0.25) is 9.59 Å². The lowest BCUT2D eigenvalue weighted by molar-refractivity contribution is -0.119. The molecule has 1 heterocycles. The van der Waals surface area contributed by atoms with Crippen LogP contribution in [0.25, 0.3) is 0 Å². The van der Waals surface area contributed by atoms with E-state index in [0.717, 1.165) is 0 Å². The molecule has 0 aromatic heterocycles. The zero-order valence-electron chi connectivity index (χ0n) is 14.7. The highest BCUT2D eigenvalue weighted by molar-refractivity contribution is 6.33. The van der Waals surface area contributed by atoms with E-state index in [-0.39, 0.29) is 52.1 Å². The normalized spacial score (nSPS) is 20.7. The number of carbonyl (C=O) groups excluding carboxylic acids is 3. The number of Topliss-reactive ketones (excluding diaryl/α,β-unsaturated/α-hetero) is 1. The molecule has 26 heavy (non-hydrogen) atoms. The summed E-state index contributed by atoms with van der Waals surface area (Å²) in [6.07, 6.45) is 3.76. The number of cyclic esters (lactones) is 1. The molecule has 0 radical (unpaired) electrons.